The van der Waals surface area contributed by atoms with Gasteiger partial charge in [0.2, 0.25) is 11.2 Å². The Labute approximate surface area is 492 Å². The summed E-state index contributed by atoms with van der Waals surface area (Å²) < 4.78 is 59.5. The molecular weight excluding hydrogens is 1130 g/mol. The fourth-order valence-corrected chi connectivity index (χ4v) is 14.4. The monoisotopic (exact) mass is 1220 g/mol. The third-order valence-electron chi connectivity index (χ3n) is 17.0. The molecule has 4 heterocycles. The van der Waals surface area contributed by atoms with Gasteiger partial charge in [-0.1, -0.05) is 71.1 Å². The number of hydrogen-bond acceptors (Lipinski definition) is 17. The number of esters is 1. The van der Waals surface area contributed by atoms with E-state index in [0.717, 1.165) is 27.6 Å². The normalized spacial score (nSPS) is 34.3. The zero-order valence-electron chi connectivity index (χ0n) is 50.2. The van der Waals surface area contributed by atoms with Crippen LogP contribution < -0.4 is 4.90 Å². The third-order valence-corrected chi connectivity index (χ3v) is 20.6. The number of nitrogens with zero attached hydrogens (tertiary/aromatic N) is 3. The molecule has 0 unspecified atom stereocenters. The quantitative estimate of drug-likeness (QED) is 0.0551. The lowest BCUT2D eigenvalue weighted by Crippen LogP contribution is -2.61. The number of carbonyl (C=O) groups is 6. The van der Waals surface area contributed by atoms with Crippen LogP contribution in [-0.2, 0) is 61.5 Å². The summed E-state index contributed by atoms with van der Waals surface area (Å²) in [5.41, 5.74) is 0.665. The minimum absolute atomic E-state index is 0.00625. The van der Waals surface area contributed by atoms with E-state index in [4.69, 9.17) is 28.4 Å². The molecule has 84 heavy (non-hydrogen) atoms. The van der Waals surface area contributed by atoms with Crippen molar-refractivity contribution in [3.05, 3.63) is 71.6 Å². The highest BCUT2D eigenvalue weighted by Gasteiger charge is 2.53. The smallest absolute Gasteiger partial charge is 0.414 e. The number of allylic oxidation sites excluding steroid dienone is 6. The molecule has 0 radical (unpaired) electrons. The van der Waals surface area contributed by atoms with Crippen LogP contribution in [-0.4, -0.2) is 164 Å². The third kappa shape index (κ3) is 18.2. The Hall–Kier alpha value is -4.61. The van der Waals surface area contributed by atoms with Gasteiger partial charge in [0.1, 0.15) is 36.2 Å². The summed E-state index contributed by atoms with van der Waals surface area (Å²) in [6.07, 6.45) is 8.78. The number of hydrogen-bond donors (Lipinski definition) is 6. The Bertz CT molecular complexity index is 2670. The first kappa shape index (κ1) is 70.2. The summed E-state index contributed by atoms with van der Waals surface area (Å²) in [5, 5.41) is 21.1. The Morgan fingerprint density at radius 1 is 0.857 bits per heavy atom. The van der Waals surface area contributed by atoms with Gasteiger partial charge in [0.05, 0.1) is 35.9 Å². The van der Waals surface area contributed by atoms with Gasteiger partial charge in [-0.2, -0.15) is 0 Å². The van der Waals surface area contributed by atoms with Crippen LogP contribution in [0.5, 0.6) is 0 Å². The number of methoxy groups -OCH3 is 3. The molecule has 5 rings (SSSR count). The maximum atomic E-state index is 14.7. The molecule has 6 N–H and O–H groups in total. The first-order valence-corrected chi connectivity index (χ1v) is 32.2. The first-order chi connectivity index (χ1) is 39.4. The van der Waals surface area contributed by atoms with Crippen molar-refractivity contribution >= 4 is 56.2 Å². The molecule has 25 heteroatoms. The van der Waals surface area contributed by atoms with Crippen LogP contribution in [0.3, 0.4) is 0 Å². The predicted molar refractivity (Wildman–Crippen MR) is 309 cm³/mol. The molecular formula is C59H89N3O20P2. The number of aromatic nitrogens is 1. The van der Waals surface area contributed by atoms with E-state index in [9.17, 15) is 67.7 Å². The van der Waals surface area contributed by atoms with Crippen LogP contribution in [0.1, 0.15) is 137 Å². The van der Waals surface area contributed by atoms with Crippen molar-refractivity contribution in [3.8, 4) is 0 Å². The molecule has 2 amide bonds. The first-order valence-electron chi connectivity index (χ1n) is 28.9. The summed E-state index contributed by atoms with van der Waals surface area (Å²) in [6.45, 7) is 12.3. The van der Waals surface area contributed by atoms with Crippen molar-refractivity contribution in [1.82, 2.24) is 9.88 Å². The molecule has 1 aliphatic carbocycles. The minimum atomic E-state index is -5.34. The van der Waals surface area contributed by atoms with E-state index in [1.807, 2.05) is 51.2 Å². The number of ketones is 3. The van der Waals surface area contributed by atoms with E-state index < -0.39 is 128 Å². The second-order valence-electron chi connectivity index (χ2n) is 23.5. The lowest BCUT2D eigenvalue weighted by molar-refractivity contribution is -0.265. The topological polar surface area (TPSA) is 333 Å². The highest BCUT2D eigenvalue weighted by Crippen LogP contribution is 2.69. The van der Waals surface area contributed by atoms with Crippen LogP contribution in [0.4, 0.5) is 10.5 Å². The van der Waals surface area contributed by atoms with Crippen molar-refractivity contribution in [3.63, 3.8) is 0 Å². The molecule has 0 aromatic carbocycles. The van der Waals surface area contributed by atoms with E-state index in [-0.39, 0.29) is 54.9 Å². The number of amides is 2. The SMILES string of the molecule is CO[C@H]1C[C@@H]2CC[C@@H](C)[C@@](O)(O2)C(=O)C(=O)N2CCCC[C@H]2C(=O)O[C@H]([C@H](C)C[C@H]2CC[C@@H](OC(=O)N(C)c3ccc(C(P(=O)(O)O)P(=O)(O)O)nc3)[C@H](OC)C2)CC(=O)[C@H](C)/C=C(\C)[C@@H](O)[C@@H](OC)C(=O)[C@H](C)C[C@H](C)/C=C/C=C/C=C/1C. The molecule has 15 atom stereocenters. The summed E-state index contributed by atoms with van der Waals surface area (Å²) in [5.74, 6) is -9.16. The fourth-order valence-electron chi connectivity index (χ4n) is 11.8. The van der Waals surface area contributed by atoms with Gasteiger partial charge < -0.3 is 63.1 Å². The predicted octanol–water partition coefficient (Wildman–Crippen LogP) is 7.21. The highest BCUT2D eigenvalue weighted by atomic mass is 31.2. The van der Waals surface area contributed by atoms with Gasteiger partial charge in [-0.3, -0.25) is 38.2 Å². The zero-order valence-corrected chi connectivity index (χ0v) is 52.0. The summed E-state index contributed by atoms with van der Waals surface area (Å²) in [6, 6.07) is 0.952. The van der Waals surface area contributed by atoms with Crippen LogP contribution in [0.25, 0.3) is 0 Å². The number of rotatable bonds is 11. The highest BCUT2D eigenvalue weighted by molar-refractivity contribution is 7.70. The van der Waals surface area contributed by atoms with E-state index in [2.05, 4.69) is 4.98 Å². The average molecular weight is 1220 g/mol. The maximum absolute atomic E-state index is 14.7. The van der Waals surface area contributed by atoms with E-state index in [1.54, 1.807) is 40.9 Å². The average Bonchev–Trinajstić information content (AvgIpc) is 3.55. The molecule has 3 fully saturated rings. The van der Waals surface area contributed by atoms with Gasteiger partial charge in [-0.15, -0.1) is 0 Å². The molecule has 1 aromatic heterocycles. The Balaban J connectivity index is 1.41. The molecule has 4 aliphatic rings. The zero-order chi connectivity index (χ0) is 62.6. The number of aliphatic hydroxyl groups excluding tert-OH is 1. The van der Waals surface area contributed by atoms with Gasteiger partial charge >= 0.3 is 27.3 Å². The molecule has 2 saturated heterocycles. The molecule has 1 aromatic rings. The van der Waals surface area contributed by atoms with Gasteiger partial charge in [0.25, 0.3) is 11.7 Å². The number of fused-ring (bicyclic) bond motifs is 3. The van der Waals surface area contributed by atoms with Crippen molar-refractivity contribution in [1.29, 1.82) is 0 Å². The fraction of sp³-hybridized carbons (Fsp3) is 0.678. The lowest BCUT2D eigenvalue weighted by Gasteiger charge is -2.42. The molecule has 1 saturated carbocycles. The maximum Gasteiger partial charge on any atom is 0.414 e. The number of carbonyl (C=O) groups excluding carboxylic acids is 6. The van der Waals surface area contributed by atoms with Crippen LogP contribution in [0.2, 0.25) is 0 Å². The Morgan fingerprint density at radius 2 is 1.55 bits per heavy atom. The number of Topliss-reactive ketones (excluding diaryl/α,β-unsaturated/α-hetero) is 3. The molecule has 3 aliphatic heterocycles. The molecule has 0 spiro atoms. The number of pyridine rings is 1. The van der Waals surface area contributed by atoms with Gasteiger partial charge in [0, 0.05) is 65.5 Å². The number of ether oxygens (including phenoxy) is 6. The van der Waals surface area contributed by atoms with Crippen molar-refractivity contribution < 1.29 is 96.1 Å². The summed E-state index contributed by atoms with van der Waals surface area (Å²) in [4.78, 5) is 130. The second kappa shape index (κ2) is 30.8. The Morgan fingerprint density at radius 3 is 2.17 bits per heavy atom. The second-order valence-corrected chi connectivity index (χ2v) is 27.3. The van der Waals surface area contributed by atoms with Crippen molar-refractivity contribution in [2.24, 2.45) is 35.5 Å². The standard InChI is InChI=1S/C59H89N3O20P2/c1-34-17-13-12-14-18-35(2)48(77-9)31-43-23-20-40(7)59(70,82-43)54(66)55(67)62-26-16-15-19-45(62)56(68)80-49(32-46(63)36(3)28-39(6)52(65)53(79-11)51(64)38(5)27-34)37(4)29-41-21-25-47(50(30-41)78-10)81-58(69)61(8)42-22-24-44(60-33-42)57(83(71,72)73)84(74,75)76/h12-14,17-18,22,24,28,33-34,36-38,40-41,43,45,47-50,52-53,57,65,70H,15-16,19-21,23,25-27,29-32H2,1-11H3,(H2,71,72,73)(H2,74,75,76)/b14-12+,17-13+,35-18+,39-28+/t34-,36-,37-,38-,40-,41-,43+,45+,47-,48+,49+,50-,52-,53+,59-/m1/s1. The Kier molecular flexibility index (Phi) is 25.8. The van der Waals surface area contributed by atoms with E-state index in [1.165, 1.54) is 27.3 Å². The summed E-state index contributed by atoms with van der Waals surface area (Å²) in [7, 11) is -4.99. The number of piperidine rings is 1. The van der Waals surface area contributed by atoms with Crippen molar-refractivity contribution in [2.75, 3.05) is 39.8 Å². The lowest BCUT2D eigenvalue weighted by atomic mass is 9.78. The number of aliphatic hydroxyl groups is 2. The van der Waals surface area contributed by atoms with Gasteiger partial charge in [-0.05, 0) is 119 Å². The van der Waals surface area contributed by atoms with Crippen molar-refractivity contribution in [2.45, 2.75) is 185 Å². The minimum Gasteiger partial charge on any atom is -0.460 e. The van der Waals surface area contributed by atoms with Gasteiger partial charge in [-0.25, -0.2) is 9.59 Å². The molecule has 470 valence electrons. The van der Waals surface area contributed by atoms with E-state index in [0.29, 0.717) is 63.4 Å². The van der Waals surface area contributed by atoms with E-state index >= 15 is 0 Å². The van der Waals surface area contributed by atoms with Crippen LogP contribution in [0.15, 0.2) is 65.9 Å². The molecule has 2 bridgehead atoms. The van der Waals surface area contributed by atoms with Gasteiger partial charge in [0.15, 0.2) is 5.78 Å². The van der Waals surface area contributed by atoms with Crippen LogP contribution in [0, 0.1) is 35.5 Å². The van der Waals surface area contributed by atoms with Crippen LogP contribution >= 0.6 is 15.2 Å². The summed E-state index contributed by atoms with van der Waals surface area (Å²) >= 11 is 0. The molecule has 23 nitrogen and oxygen atoms in total. The number of anilines is 1. The number of cyclic esters (lactones) is 1. The largest absolute Gasteiger partial charge is 0.460 e.